The highest BCUT2D eigenvalue weighted by Gasteiger charge is 2.37. The smallest absolute Gasteiger partial charge is 0.159 e. The number of pyridine rings is 1. The Hall–Kier alpha value is -1.42. The predicted molar refractivity (Wildman–Crippen MR) is 67.7 cm³/mol. The molecule has 1 aliphatic carbocycles. The number of fused-ring (bicyclic) bond motifs is 1. The summed E-state index contributed by atoms with van der Waals surface area (Å²) in [6.07, 6.45) is 6.27. The van der Waals surface area contributed by atoms with Gasteiger partial charge in [0.15, 0.2) is 5.65 Å². The summed E-state index contributed by atoms with van der Waals surface area (Å²) in [4.78, 5) is 8.98. The fourth-order valence-corrected chi connectivity index (χ4v) is 2.23. The van der Waals surface area contributed by atoms with Crippen LogP contribution in [0, 0.1) is 6.92 Å². The maximum absolute atomic E-state index is 6.13. The Balaban J connectivity index is 1.95. The first kappa shape index (κ1) is 10.7. The van der Waals surface area contributed by atoms with Crippen LogP contribution in [0.1, 0.15) is 30.7 Å². The topological polar surface area (TPSA) is 56.7 Å². The number of imidazole rings is 1. The molecule has 1 fully saturated rings. The molecule has 3 rings (SSSR count). The van der Waals surface area contributed by atoms with Crippen molar-refractivity contribution in [1.82, 2.24) is 14.5 Å². The van der Waals surface area contributed by atoms with E-state index in [1.807, 2.05) is 24.7 Å². The Labute approximate surface area is 101 Å². The van der Waals surface area contributed by atoms with E-state index in [-0.39, 0.29) is 5.54 Å². The molecule has 2 aromatic rings. The molecule has 1 saturated carbocycles. The fraction of sp³-hybridized carbons (Fsp3) is 0.538. The second kappa shape index (κ2) is 3.53. The third-order valence-electron chi connectivity index (χ3n) is 3.85. The molecular formula is C13H18N4. The van der Waals surface area contributed by atoms with Crippen LogP contribution in [0.25, 0.3) is 11.2 Å². The van der Waals surface area contributed by atoms with Gasteiger partial charge in [-0.25, -0.2) is 9.97 Å². The molecule has 1 aliphatic rings. The lowest BCUT2D eigenvalue weighted by atomic mass is 10.0. The van der Waals surface area contributed by atoms with Gasteiger partial charge < -0.3 is 10.3 Å². The van der Waals surface area contributed by atoms with Crippen molar-refractivity contribution in [2.45, 2.75) is 38.1 Å². The number of aromatic nitrogens is 3. The molecule has 2 heterocycles. The highest BCUT2D eigenvalue weighted by Crippen LogP contribution is 2.37. The molecule has 0 aliphatic heterocycles. The first-order valence-electron chi connectivity index (χ1n) is 6.15. The number of aryl methyl sites for hydroxylation is 3. The molecule has 0 atom stereocenters. The Morgan fingerprint density at radius 3 is 2.94 bits per heavy atom. The zero-order chi connectivity index (χ0) is 12.0. The van der Waals surface area contributed by atoms with E-state index in [1.54, 1.807) is 0 Å². The van der Waals surface area contributed by atoms with Crippen molar-refractivity contribution >= 4 is 11.2 Å². The molecule has 0 aromatic carbocycles. The first-order chi connectivity index (χ1) is 8.09. The van der Waals surface area contributed by atoms with Crippen molar-refractivity contribution in [2.75, 3.05) is 0 Å². The van der Waals surface area contributed by atoms with Gasteiger partial charge in [0.05, 0.1) is 0 Å². The van der Waals surface area contributed by atoms with E-state index in [9.17, 15) is 0 Å². The maximum atomic E-state index is 6.13. The van der Waals surface area contributed by atoms with Crippen molar-refractivity contribution < 1.29 is 0 Å². The average molecular weight is 230 g/mol. The highest BCUT2D eigenvalue weighted by molar-refractivity contribution is 5.75. The summed E-state index contributed by atoms with van der Waals surface area (Å²) < 4.78 is 2.04. The van der Waals surface area contributed by atoms with E-state index in [1.165, 1.54) is 18.4 Å². The molecule has 2 N–H and O–H groups in total. The van der Waals surface area contributed by atoms with Gasteiger partial charge in [-0.05, 0) is 44.2 Å². The summed E-state index contributed by atoms with van der Waals surface area (Å²) in [5.41, 5.74) is 9.53. The largest absolute Gasteiger partial charge is 0.325 e. The lowest BCUT2D eigenvalue weighted by Gasteiger charge is -2.08. The summed E-state index contributed by atoms with van der Waals surface area (Å²) in [5.74, 6) is 1.01. The highest BCUT2D eigenvalue weighted by atomic mass is 15.1. The summed E-state index contributed by atoms with van der Waals surface area (Å²) in [6.45, 7) is 2.01. The summed E-state index contributed by atoms with van der Waals surface area (Å²) in [6, 6.07) is 2.07. The lowest BCUT2D eigenvalue weighted by Crippen LogP contribution is -2.22. The van der Waals surface area contributed by atoms with Gasteiger partial charge in [0.1, 0.15) is 11.3 Å². The second-order valence-electron chi connectivity index (χ2n) is 5.22. The van der Waals surface area contributed by atoms with Crippen molar-refractivity contribution in [3.05, 3.63) is 23.7 Å². The molecule has 90 valence electrons. The number of nitrogens with zero attached hydrogens (tertiary/aromatic N) is 3. The molecular weight excluding hydrogens is 212 g/mol. The van der Waals surface area contributed by atoms with Crippen LogP contribution in [-0.4, -0.2) is 20.1 Å². The van der Waals surface area contributed by atoms with E-state index < -0.39 is 0 Å². The molecule has 0 spiro atoms. The van der Waals surface area contributed by atoms with E-state index in [4.69, 9.17) is 5.73 Å². The minimum absolute atomic E-state index is 0.111. The molecule has 4 nitrogen and oxygen atoms in total. The molecule has 0 unspecified atom stereocenters. The fourth-order valence-electron chi connectivity index (χ4n) is 2.23. The average Bonchev–Trinajstić information content (AvgIpc) is 2.98. The number of nitrogens with two attached hydrogens (primary N) is 1. The molecule has 0 radical (unpaired) electrons. The monoisotopic (exact) mass is 230 g/mol. The minimum Gasteiger partial charge on any atom is -0.325 e. The third-order valence-corrected chi connectivity index (χ3v) is 3.85. The number of rotatable bonds is 3. The van der Waals surface area contributed by atoms with Crippen LogP contribution in [-0.2, 0) is 13.5 Å². The van der Waals surface area contributed by atoms with Crippen molar-refractivity contribution in [2.24, 2.45) is 12.8 Å². The number of hydrogen-bond acceptors (Lipinski definition) is 3. The van der Waals surface area contributed by atoms with Gasteiger partial charge in [0.2, 0.25) is 0 Å². The van der Waals surface area contributed by atoms with Crippen LogP contribution in [0.4, 0.5) is 0 Å². The summed E-state index contributed by atoms with van der Waals surface area (Å²) in [7, 11) is 2.01. The van der Waals surface area contributed by atoms with Crippen LogP contribution in [0.5, 0.6) is 0 Å². The van der Waals surface area contributed by atoms with Crippen molar-refractivity contribution in [1.29, 1.82) is 0 Å². The van der Waals surface area contributed by atoms with Crippen LogP contribution in [0.3, 0.4) is 0 Å². The van der Waals surface area contributed by atoms with Crippen LogP contribution < -0.4 is 5.73 Å². The van der Waals surface area contributed by atoms with E-state index >= 15 is 0 Å². The van der Waals surface area contributed by atoms with Gasteiger partial charge in [0.25, 0.3) is 0 Å². The van der Waals surface area contributed by atoms with Crippen LogP contribution in [0.2, 0.25) is 0 Å². The quantitative estimate of drug-likeness (QED) is 0.873. The molecule has 2 aromatic heterocycles. The van der Waals surface area contributed by atoms with Crippen molar-refractivity contribution in [3.8, 4) is 0 Å². The summed E-state index contributed by atoms with van der Waals surface area (Å²) >= 11 is 0. The van der Waals surface area contributed by atoms with Gasteiger partial charge in [-0.1, -0.05) is 0 Å². The number of hydrogen-bond donors (Lipinski definition) is 1. The van der Waals surface area contributed by atoms with Gasteiger partial charge in [-0.3, -0.25) is 0 Å². The van der Waals surface area contributed by atoms with Crippen molar-refractivity contribution in [3.63, 3.8) is 0 Å². The Morgan fingerprint density at radius 2 is 2.24 bits per heavy atom. The van der Waals surface area contributed by atoms with Gasteiger partial charge in [-0.2, -0.15) is 0 Å². The molecule has 17 heavy (non-hydrogen) atoms. The zero-order valence-corrected chi connectivity index (χ0v) is 10.4. The minimum atomic E-state index is 0.111. The first-order valence-corrected chi connectivity index (χ1v) is 6.15. The molecule has 0 amide bonds. The van der Waals surface area contributed by atoms with Gasteiger partial charge >= 0.3 is 0 Å². The van der Waals surface area contributed by atoms with E-state index in [0.717, 1.165) is 29.8 Å². The predicted octanol–water partition coefficient (Wildman–Crippen LogP) is 1.70. The Bertz CT molecular complexity index is 566. The Kier molecular flexibility index (Phi) is 2.23. The second-order valence-corrected chi connectivity index (χ2v) is 5.22. The Morgan fingerprint density at radius 1 is 1.47 bits per heavy atom. The lowest BCUT2D eigenvalue weighted by molar-refractivity contribution is 0.610. The van der Waals surface area contributed by atoms with Gasteiger partial charge in [0, 0.05) is 18.8 Å². The zero-order valence-electron chi connectivity index (χ0n) is 10.4. The van der Waals surface area contributed by atoms with E-state index in [0.29, 0.717) is 0 Å². The normalized spacial score (nSPS) is 17.6. The van der Waals surface area contributed by atoms with Gasteiger partial charge in [-0.15, -0.1) is 0 Å². The third kappa shape index (κ3) is 1.82. The SMILES string of the molecule is Cc1nc2c(CCC3(N)CC3)ccnc2n1C. The van der Waals surface area contributed by atoms with Crippen LogP contribution >= 0.6 is 0 Å². The molecule has 0 saturated heterocycles. The maximum Gasteiger partial charge on any atom is 0.159 e. The standard InChI is InChI=1S/C13H18N4/c1-9-16-11-10(3-5-13(14)6-7-13)4-8-15-12(11)17(9)2/h4,8H,3,5-7,14H2,1-2H3. The molecule has 4 heteroatoms. The molecule has 0 bridgehead atoms. The summed E-state index contributed by atoms with van der Waals surface area (Å²) in [5, 5.41) is 0. The van der Waals surface area contributed by atoms with E-state index in [2.05, 4.69) is 16.0 Å². The van der Waals surface area contributed by atoms with Crippen LogP contribution in [0.15, 0.2) is 12.3 Å².